The highest BCUT2D eigenvalue weighted by Crippen LogP contribution is 2.09. The third-order valence-electron chi connectivity index (χ3n) is 3.15. The Morgan fingerprint density at radius 3 is 2.50 bits per heavy atom. The van der Waals surface area contributed by atoms with Gasteiger partial charge in [0.15, 0.2) is 4.80 Å². The van der Waals surface area contributed by atoms with E-state index in [4.69, 9.17) is 10.1 Å². The molecule has 16 heavy (non-hydrogen) atoms. The molecule has 1 N–H and O–H groups in total. The van der Waals surface area contributed by atoms with E-state index >= 15 is 0 Å². The van der Waals surface area contributed by atoms with Gasteiger partial charge in [0.05, 0.1) is 13.2 Å². The third kappa shape index (κ3) is 2.53. The van der Waals surface area contributed by atoms with E-state index in [1.807, 2.05) is 0 Å². The van der Waals surface area contributed by atoms with Crippen molar-refractivity contribution >= 4 is 11.3 Å². The van der Waals surface area contributed by atoms with E-state index in [0.717, 1.165) is 39.4 Å². The Morgan fingerprint density at radius 1 is 1.25 bits per heavy atom. The second-order valence-electron chi connectivity index (χ2n) is 4.15. The van der Waals surface area contributed by atoms with Crippen molar-refractivity contribution < 1.29 is 4.74 Å². The van der Waals surface area contributed by atoms with Crippen LogP contribution in [0.4, 0.5) is 0 Å². The van der Waals surface area contributed by atoms with E-state index in [9.17, 15) is 0 Å². The Bertz CT molecular complexity index is 404. The number of rotatable bonds is 3. The average molecular weight is 241 g/mol. The van der Waals surface area contributed by atoms with Crippen molar-refractivity contribution in [2.24, 2.45) is 0 Å². The lowest BCUT2D eigenvalue weighted by atomic mass is 10.4. The topological polar surface area (TPSA) is 41.2 Å². The normalized spacial score (nSPS) is 17.9. The zero-order chi connectivity index (χ0) is 11.5. The fourth-order valence-electron chi connectivity index (χ4n) is 1.95. The summed E-state index contributed by atoms with van der Waals surface area (Å²) in [5.74, 6) is 0. The van der Waals surface area contributed by atoms with Gasteiger partial charge in [-0.15, -0.1) is 11.3 Å². The summed E-state index contributed by atoms with van der Waals surface area (Å²) in [4.78, 5) is 4.33. The Labute approximate surface area is 100.0 Å². The molecule has 0 bridgehead atoms. The van der Waals surface area contributed by atoms with Gasteiger partial charge in [0.25, 0.3) is 0 Å². The Hall–Kier alpha value is -0.650. The first kappa shape index (κ1) is 11.8. The zero-order valence-electron chi connectivity index (χ0n) is 9.95. The molecule has 0 spiro atoms. The maximum Gasteiger partial charge on any atom is 0.182 e. The predicted octanol–water partition coefficient (Wildman–Crippen LogP) is 0.978. The molecule has 1 saturated heterocycles. The van der Waals surface area contributed by atoms with E-state index < -0.39 is 0 Å². The fraction of sp³-hybridized carbons (Fsp3) is 0.727. The van der Waals surface area contributed by atoms with Crippen LogP contribution < -0.4 is 4.80 Å². The second kappa shape index (κ2) is 5.12. The first-order valence-corrected chi connectivity index (χ1v) is 6.51. The van der Waals surface area contributed by atoms with Gasteiger partial charge in [0.2, 0.25) is 0 Å². The van der Waals surface area contributed by atoms with E-state index in [1.165, 1.54) is 10.6 Å². The minimum Gasteiger partial charge on any atom is -0.379 e. The smallest absolute Gasteiger partial charge is 0.182 e. The number of hydrogen-bond donors (Lipinski definition) is 1. The van der Waals surface area contributed by atoms with Crippen LogP contribution in [-0.2, 0) is 11.3 Å². The number of aromatic nitrogens is 1. The predicted molar refractivity (Wildman–Crippen MR) is 64.9 cm³/mol. The first-order chi connectivity index (χ1) is 7.68. The largest absolute Gasteiger partial charge is 0.379 e. The van der Waals surface area contributed by atoms with Gasteiger partial charge >= 0.3 is 0 Å². The number of thiazole rings is 1. The van der Waals surface area contributed by atoms with Gasteiger partial charge in [0.1, 0.15) is 0 Å². The summed E-state index contributed by atoms with van der Waals surface area (Å²) < 4.78 is 7.43. The fourth-order valence-corrected chi connectivity index (χ4v) is 2.84. The van der Waals surface area contributed by atoms with Gasteiger partial charge in [-0.25, -0.2) is 0 Å². The van der Waals surface area contributed by atoms with Gasteiger partial charge in [-0.2, -0.15) is 0 Å². The molecule has 1 aromatic heterocycles. The number of ether oxygens (including phenoxy) is 1. The highest BCUT2D eigenvalue weighted by molar-refractivity contribution is 7.09. The summed E-state index contributed by atoms with van der Waals surface area (Å²) in [6.45, 7) is 9.88. The number of nitrogens with one attached hydrogen (secondary N) is 1. The molecule has 2 heterocycles. The molecule has 2 rings (SSSR count). The van der Waals surface area contributed by atoms with E-state index in [-0.39, 0.29) is 0 Å². The van der Waals surface area contributed by atoms with Crippen LogP contribution in [0, 0.1) is 19.3 Å². The van der Waals surface area contributed by atoms with Crippen molar-refractivity contribution in [2.45, 2.75) is 20.4 Å². The Kier molecular flexibility index (Phi) is 3.78. The molecule has 0 atom stereocenters. The number of hydrogen-bond acceptors (Lipinski definition) is 4. The molecule has 0 unspecified atom stereocenters. The van der Waals surface area contributed by atoms with Gasteiger partial charge in [-0.05, 0) is 13.8 Å². The van der Waals surface area contributed by atoms with Gasteiger partial charge in [0, 0.05) is 36.8 Å². The number of morpholine rings is 1. The number of aryl methyl sites for hydroxylation is 1. The molecule has 1 aliphatic heterocycles. The lowest BCUT2D eigenvalue weighted by Gasteiger charge is -2.26. The van der Waals surface area contributed by atoms with Crippen LogP contribution in [0.2, 0.25) is 0 Å². The average Bonchev–Trinajstić information content (AvgIpc) is 2.53. The zero-order valence-corrected chi connectivity index (χ0v) is 10.8. The molecule has 90 valence electrons. The quantitative estimate of drug-likeness (QED) is 0.857. The summed E-state index contributed by atoms with van der Waals surface area (Å²) in [7, 11) is 0. The Balaban J connectivity index is 1.96. The van der Waals surface area contributed by atoms with Gasteiger partial charge < -0.3 is 9.30 Å². The van der Waals surface area contributed by atoms with E-state index in [1.54, 1.807) is 11.3 Å². The lowest BCUT2D eigenvalue weighted by Crippen LogP contribution is -2.39. The van der Waals surface area contributed by atoms with Crippen LogP contribution in [0.15, 0.2) is 0 Å². The minimum absolute atomic E-state index is 0.670. The minimum atomic E-state index is 0.670. The molecule has 0 amide bonds. The van der Waals surface area contributed by atoms with Crippen LogP contribution >= 0.6 is 11.3 Å². The standard InChI is InChI=1S/C11H19N3OS/c1-9-10(2)16-11(12)14(9)4-3-13-5-7-15-8-6-13/h12H,3-8H2,1-2H3. The molecular weight excluding hydrogens is 222 g/mol. The highest BCUT2D eigenvalue weighted by atomic mass is 32.1. The molecule has 1 aliphatic rings. The van der Waals surface area contributed by atoms with Crippen LogP contribution in [0.1, 0.15) is 10.6 Å². The highest BCUT2D eigenvalue weighted by Gasteiger charge is 2.11. The Morgan fingerprint density at radius 2 is 1.94 bits per heavy atom. The van der Waals surface area contributed by atoms with Crippen molar-refractivity contribution in [1.29, 1.82) is 5.41 Å². The molecule has 0 aromatic carbocycles. The maximum absolute atomic E-state index is 7.89. The van der Waals surface area contributed by atoms with Gasteiger partial charge in [-0.1, -0.05) is 0 Å². The van der Waals surface area contributed by atoms with Crippen molar-refractivity contribution in [1.82, 2.24) is 9.47 Å². The molecule has 1 fully saturated rings. The summed E-state index contributed by atoms with van der Waals surface area (Å²) in [5.41, 5.74) is 1.24. The van der Waals surface area contributed by atoms with Crippen molar-refractivity contribution in [3.05, 3.63) is 15.4 Å². The molecule has 5 heteroatoms. The van der Waals surface area contributed by atoms with Crippen molar-refractivity contribution in [3.8, 4) is 0 Å². The maximum atomic E-state index is 7.89. The second-order valence-corrected chi connectivity index (χ2v) is 5.36. The molecule has 0 saturated carbocycles. The summed E-state index contributed by atoms with van der Waals surface area (Å²) >= 11 is 1.57. The molecular formula is C11H19N3OS. The SMILES string of the molecule is Cc1sc(=N)n(CCN2CCOCC2)c1C. The summed E-state index contributed by atoms with van der Waals surface area (Å²) in [6, 6.07) is 0. The lowest BCUT2D eigenvalue weighted by molar-refractivity contribution is 0.0362. The molecule has 0 radical (unpaired) electrons. The van der Waals surface area contributed by atoms with E-state index in [2.05, 4.69) is 23.3 Å². The van der Waals surface area contributed by atoms with Crippen molar-refractivity contribution in [3.63, 3.8) is 0 Å². The van der Waals surface area contributed by atoms with Crippen LogP contribution in [0.25, 0.3) is 0 Å². The molecule has 4 nitrogen and oxygen atoms in total. The number of nitrogens with zero attached hydrogens (tertiary/aromatic N) is 2. The molecule has 0 aliphatic carbocycles. The molecule has 1 aromatic rings. The van der Waals surface area contributed by atoms with Gasteiger partial charge in [-0.3, -0.25) is 10.3 Å². The monoisotopic (exact) mass is 241 g/mol. The first-order valence-electron chi connectivity index (χ1n) is 5.70. The van der Waals surface area contributed by atoms with E-state index in [0.29, 0.717) is 4.80 Å². The summed E-state index contributed by atoms with van der Waals surface area (Å²) in [5, 5.41) is 7.89. The van der Waals surface area contributed by atoms with Crippen LogP contribution in [0.5, 0.6) is 0 Å². The summed E-state index contributed by atoms with van der Waals surface area (Å²) in [6.07, 6.45) is 0. The van der Waals surface area contributed by atoms with Crippen LogP contribution in [0.3, 0.4) is 0 Å². The van der Waals surface area contributed by atoms with Crippen molar-refractivity contribution in [2.75, 3.05) is 32.8 Å². The van der Waals surface area contributed by atoms with Crippen LogP contribution in [-0.4, -0.2) is 42.3 Å². The third-order valence-corrected chi connectivity index (χ3v) is 4.17.